The van der Waals surface area contributed by atoms with E-state index in [1.165, 1.54) is 11.1 Å². The predicted molar refractivity (Wildman–Crippen MR) is 103 cm³/mol. The minimum Gasteiger partial charge on any atom is -0.376 e. The van der Waals surface area contributed by atoms with Gasteiger partial charge >= 0.3 is 0 Å². The van der Waals surface area contributed by atoms with Crippen molar-refractivity contribution in [2.24, 2.45) is 0 Å². The van der Waals surface area contributed by atoms with Crippen LogP contribution < -0.4 is 5.32 Å². The first kappa shape index (κ1) is 18.6. The first-order valence-corrected chi connectivity index (χ1v) is 9.26. The van der Waals surface area contributed by atoms with Crippen molar-refractivity contribution in [1.29, 1.82) is 0 Å². The summed E-state index contributed by atoms with van der Waals surface area (Å²) >= 11 is 0. The van der Waals surface area contributed by atoms with Gasteiger partial charge < -0.3 is 10.1 Å². The average Bonchev–Trinajstić information content (AvgIpc) is 2.60. The van der Waals surface area contributed by atoms with E-state index in [0.717, 1.165) is 18.4 Å². The highest BCUT2D eigenvalue weighted by Crippen LogP contribution is 2.45. The van der Waals surface area contributed by atoms with Crippen molar-refractivity contribution in [2.75, 3.05) is 6.61 Å². The SMILES string of the molecule is Cc1ccccc1[C@]1(CC(=O)NCc2cccnc2)CCOC(C)(C)C1. The van der Waals surface area contributed by atoms with Crippen LogP contribution in [0, 0.1) is 6.92 Å². The van der Waals surface area contributed by atoms with Crippen LogP contribution in [-0.4, -0.2) is 23.1 Å². The quantitative estimate of drug-likeness (QED) is 0.887. The Labute approximate surface area is 156 Å². The minimum absolute atomic E-state index is 0.0785. The van der Waals surface area contributed by atoms with Crippen LogP contribution >= 0.6 is 0 Å². The van der Waals surface area contributed by atoms with Gasteiger partial charge in [-0.25, -0.2) is 0 Å². The summed E-state index contributed by atoms with van der Waals surface area (Å²) in [7, 11) is 0. The summed E-state index contributed by atoms with van der Waals surface area (Å²) in [6, 6.07) is 12.3. The Hall–Kier alpha value is -2.20. The monoisotopic (exact) mass is 352 g/mol. The van der Waals surface area contributed by atoms with Crippen LogP contribution in [0.2, 0.25) is 0 Å². The molecule has 26 heavy (non-hydrogen) atoms. The van der Waals surface area contributed by atoms with Gasteiger partial charge in [0.25, 0.3) is 0 Å². The summed E-state index contributed by atoms with van der Waals surface area (Å²) < 4.78 is 5.95. The smallest absolute Gasteiger partial charge is 0.221 e. The maximum absolute atomic E-state index is 12.8. The average molecular weight is 352 g/mol. The molecule has 0 bridgehead atoms. The second-order valence-corrected chi connectivity index (χ2v) is 7.94. The summed E-state index contributed by atoms with van der Waals surface area (Å²) in [5.74, 6) is 0.0785. The number of pyridine rings is 1. The molecule has 1 saturated heterocycles. The molecule has 1 aliphatic heterocycles. The lowest BCUT2D eigenvalue weighted by atomic mass is 9.66. The van der Waals surface area contributed by atoms with E-state index in [4.69, 9.17) is 4.74 Å². The molecule has 0 radical (unpaired) electrons. The number of carbonyl (C=O) groups excluding carboxylic acids is 1. The van der Waals surface area contributed by atoms with Crippen molar-refractivity contribution in [1.82, 2.24) is 10.3 Å². The van der Waals surface area contributed by atoms with E-state index in [0.29, 0.717) is 19.6 Å². The Morgan fingerprint density at radius 3 is 2.73 bits per heavy atom. The van der Waals surface area contributed by atoms with Crippen LogP contribution in [-0.2, 0) is 21.5 Å². The Kier molecular flexibility index (Phi) is 5.42. The highest BCUT2D eigenvalue weighted by Gasteiger charge is 2.44. The van der Waals surface area contributed by atoms with Crippen LogP contribution in [0.25, 0.3) is 0 Å². The van der Waals surface area contributed by atoms with Crippen molar-refractivity contribution in [2.45, 2.75) is 57.6 Å². The lowest BCUT2D eigenvalue weighted by Gasteiger charge is -2.45. The first-order chi connectivity index (χ1) is 12.4. The molecular weight excluding hydrogens is 324 g/mol. The van der Waals surface area contributed by atoms with E-state index in [1.54, 1.807) is 12.4 Å². The number of rotatable bonds is 5. The van der Waals surface area contributed by atoms with Crippen LogP contribution in [0.5, 0.6) is 0 Å². The second-order valence-electron chi connectivity index (χ2n) is 7.94. The van der Waals surface area contributed by atoms with Gasteiger partial charge in [0, 0.05) is 37.4 Å². The van der Waals surface area contributed by atoms with Crippen LogP contribution in [0.4, 0.5) is 0 Å². The predicted octanol–water partition coefficient (Wildman–Crippen LogP) is 3.92. The number of amides is 1. The van der Waals surface area contributed by atoms with Gasteiger partial charge in [0.2, 0.25) is 5.91 Å². The highest BCUT2D eigenvalue weighted by molar-refractivity contribution is 5.77. The second kappa shape index (κ2) is 7.58. The number of ether oxygens (including phenoxy) is 1. The third kappa shape index (κ3) is 4.31. The van der Waals surface area contributed by atoms with Crippen LogP contribution in [0.15, 0.2) is 48.8 Å². The highest BCUT2D eigenvalue weighted by atomic mass is 16.5. The van der Waals surface area contributed by atoms with Gasteiger partial charge in [0.1, 0.15) is 0 Å². The molecular formula is C22H28N2O2. The van der Waals surface area contributed by atoms with Crippen molar-refractivity contribution < 1.29 is 9.53 Å². The zero-order valence-electron chi connectivity index (χ0n) is 15.9. The maximum atomic E-state index is 12.8. The standard InChI is InChI=1S/C22H28N2O2/c1-17-7-4-5-9-19(17)22(10-12-26-21(2,3)16-22)13-20(25)24-15-18-8-6-11-23-14-18/h4-9,11,14H,10,12-13,15-16H2,1-3H3,(H,24,25)/t22-/m0/s1. The zero-order valence-corrected chi connectivity index (χ0v) is 15.9. The van der Waals surface area contributed by atoms with E-state index >= 15 is 0 Å². The molecule has 1 amide bonds. The van der Waals surface area contributed by atoms with Gasteiger partial charge in [0.15, 0.2) is 0 Å². The van der Waals surface area contributed by atoms with Crippen molar-refractivity contribution in [3.63, 3.8) is 0 Å². The lowest BCUT2D eigenvalue weighted by Crippen LogP contribution is -2.46. The molecule has 1 N–H and O–H groups in total. The van der Waals surface area contributed by atoms with E-state index < -0.39 is 0 Å². The number of nitrogens with zero attached hydrogens (tertiary/aromatic N) is 1. The van der Waals surface area contributed by atoms with E-state index in [1.807, 2.05) is 12.1 Å². The summed E-state index contributed by atoms with van der Waals surface area (Å²) in [5.41, 5.74) is 3.10. The van der Waals surface area contributed by atoms with Gasteiger partial charge in [-0.15, -0.1) is 0 Å². The molecule has 1 atom stereocenters. The molecule has 1 fully saturated rings. The number of nitrogens with one attached hydrogen (secondary N) is 1. The largest absolute Gasteiger partial charge is 0.376 e. The molecule has 2 aromatic rings. The van der Waals surface area contributed by atoms with Gasteiger partial charge in [-0.3, -0.25) is 9.78 Å². The van der Waals surface area contributed by atoms with Crippen LogP contribution in [0.1, 0.15) is 49.8 Å². The number of hydrogen-bond donors (Lipinski definition) is 1. The molecule has 1 aromatic carbocycles. The zero-order chi connectivity index (χ0) is 18.6. The molecule has 1 aliphatic rings. The molecule has 0 unspecified atom stereocenters. The Bertz CT molecular complexity index is 758. The fourth-order valence-electron chi connectivity index (χ4n) is 4.19. The normalized spacial score (nSPS) is 22.0. The van der Waals surface area contributed by atoms with E-state index in [-0.39, 0.29) is 16.9 Å². The Balaban J connectivity index is 1.80. The molecule has 0 saturated carbocycles. The first-order valence-electron chi connectivity index (χ1n) is 9.26. The summed E-state index contributed by atoms with van der Waals surface area (Å²) in [6.45, 7) is 7.56. The molecule has 4 nitrogen and oxygen atoms in total. The molecule has 138 valence electrons. The van der Waals surface area contributed by atoms with Crippen molar-refractivity contribution in [3.05, 3.63) is 65.5 Å². The number of hydrogen-bond acceptors (Lipinski definition) is 3. The summed E-state index contributed by atoms with van der Waals surface area (Å²) in [5, 5.41) is 3.07. The topological polar surface area (TPSA) is 51.2 Å². The number of aryl methyl sites for hydroxylation is 1. The fourth-order valence-corrected chi connectivity index (χ4v) is 4.19. The van der Waals surface area contributed by atoms with E-state index in [9.17, 15) is 4.79 Å². The van der Waals surface area contributed by atoms with Gasteiger partial charge in [-0.05, 0) is 56.4 Å². The minimum atomic E-state index is -0.232. The van der Waals surface area contributed by atoms with Gasteiger partial charge in [-0.1, -0.05) is 30.3 Å². The third-order valence-corrected chi connectivity index (χ3v) is 5.27. The Morgan fingerprint density at radius 2 is 2.04 bits per heavy atom. The van der Waals surface area contributed by atoms with Gasteiger partial charge in [-0.2, -0.15) is 0 Å². The number of benzene rings is 1. The summed E-state index contributed by atoms with van der Waals surface area (Å²) in [6.07, 6.45) is 5.70. The molecule has 1 aromatic heterocycles. The summed E-state index contributed by atoms with van der Waals surface area (Å²) in [4.78, 5) is 16.9. The number of carbonyl (C=O) groups is 1. The van der Waals surface area contributed by atoms with Crippen LogP contribution in [0.3, 0.4) is 0 Å². The van der Waals surface area contributed by atoms with Crippen molar-refractivity contribution >= 4 is 5.91 Å². The molecule has 3 rings (SSSR count). The molecule has 0 spiro atoms. The van der Waals surface area contributed by atoms with E-state index in [2.05, 4.69) is 55.3 Å². The molecule has 4 heteroatoms. The third-order valence-electron chi connectivity index (χ3n) is 5.27. The number of aromatic nitrogens is 1. The van der Waals surface area contributed by atoms with Gasteiger partial charge in [0.05, 0.1) is 5.60 Å². The molecule has 2 heterocycles. The fraction of sp³-hybridized carbons (Fsp3) is 0.455. The lowest BCUT2D eigenvalue weighted by molar-refractivity contribution is -0.126. The molecule has 0 aliphatic carbocycles. The maximum Gasteiger partial charge on any atom is 0.221 e. The van der Waals surface area contributed by atoms with Crippen molar-refractivity contribution in [3.8, 4) is 0 Å². The Morgan fingerprint density at radius 1 is 1.23 bits per heavy atom.